The molecule has 3 heterocycles. The number of nitrogens with one attached hydrogen (secondary N) is 4. The molecule has 10 nitrogen and oxygen atoms in total. The molecule has 2 unspecified atom stereocenters. The molecule has 11 heteroatoms. The highest BCUT2D eigenvalue weighted by molar-refractivity contribution is 5.89. The number of benzene rings is 1. The average molecular weight is 425 g/mol. The third kappa shape index (κ3) is 4.02. The van der Waals surface area contributed by atoms with Crippen LogP contribution in [-0.4, -0.2) is 42.4 Å². The van der Waals surface area contributed by atoms with E-state index in [9.17, 15) is 18.8 Å². The summed E-state index contributed by atoms with van der Waals surface area (Å²) in [7, 11) is 0. The van der Waals surface area contributed by atoms with Crippen molar-refractivity contribution >= 4 is 28.4 Å². The lowest BCUT2D eigenvalue weighted by Gasteiger charge is -2.20. The predicted octanol–water partition coefficient (Wildman–Crippen LogP) is 0.963. The van der Waals surface area contributed by atoms with Crippen molar-refractivity contribution in [2.24, 2.45) is 0 Å². The van der Waals surface area contributed by atoms with Gasteiger partial charge < -0.3 is 20.6 Å². The van der Waals surface area contributed by atoms with Crippen molar-refractivity contribution in [2.45, 2.75) is 32.4 Å². The van der Waals surface area contributed by atoms with Gasteiger partial charge in [-0.15, -0.1) is 10.2 Å². The van der Waals surface area contributed by atoms with Crippen molar-refractivity contribution in [1.82, 2.24) is 35.2 Å². The van der Waals surface area contributed by atoms with Crippen LogP contribution in [0.4, 0.5) is 4.39 Å². The minimum absolute atomic E-state index is 0.114. The first-order valence-electron chi connectivity index (χ1n) is 9.59. The van der Waals surface area contributed by atoms with Crippen LogP contribution < -0.4 is 16.2 Å². The van der Waals surface area contributed by atoms with Gasteiger partial charge in [-0.2, -0.15) is 0 Å². The van der Waals surface area contributed by atoms with Gasteiger partial charge in [0.15, 0.2) is 5.82 Å². The molecule has 2 atom stereocenters. The summed E-state index contributed by atoms with van der Waals surface area (Å²) >= 11 is 0. The number of hydrogen-bond acceptors (Lipinski definition) is 5. The topological polar surface area (TPSA) is 137 Å². The number of aromatic amines is 2. The number of H-pyrrole nitrogens is 2. The summed E-state index contributed by atoms with van der Waals surface area (Å²) in [5.74, 6) is -0.789. The zero-order chi connectivity index (χ0) is 22.1. The van der Waals surface area contributed by atoms with Gasteiger partial charge in [-0.1, -0.05) is 0 Å². The molecule has 0 saturated carbocycles. The van der Waals surface area contributed by atoms with E-state index in [4.69, 9.17) is 0 Å². The fourth-order valence-electron chi connectivity index (χ4n) is 3.53. The summed E-state index contributed by atoms with van der Waals surface area (Å²) in [6.07, 6.45) is 4.93. The normalized spacial score (nSPS) is 13.3. The van der Waals surface area contributed by atoms with Crippen LogP contribution in [0.15, 0.2) is 41.6 Å². The van der Waals surface area contributed by atoms with Gasteiger partial charge in [0.25, 0.3) is 5.56 Å². The van der Waals surface area contributed by atoms with E-state index < -0.39 is 23.6 Å². The molecule has 0 aliphatic heterocycles. The van der Waals surface area contributed by atoms with Gasteiger partial charge in [0.2, 0.25) is 17.5 Å². The number of aromatic nitrogens is 5. The maximum Gasteiger partial charge on any atom is 0.293 e. The fourth-order valence-corrected chi connectivity index (χ4v) is 3.53. The highest BCUT2D eigenvalue weighted by Crippen LogP contribution is 2.21. The summed E-state index contributed by atoms with van der Waals surface area (Å²) in [5.41, 5.74) is 1.08. The molecule has 160 valence electrons. The molecule has 4 aromatic rings. The van der Waals surface area contributed by atoms with Gasteiger partial charge in [0.05, 0.1) is 6.04 Å². The van der Waals surface area contributed by atoms with Gasteiger partial charge in [0, 0.05) is 42.8 Å². The summed E-state index contributed by atoms with van der Waals surface area (Å²) < 4.78 is 14.9. The molecular formula is C20H20FN7O3. The second-order valence-electron chi connectivity index (χ2n) is 7.23. The number of carbonyl (C=O) groups is 2. The monoisotopic (exact) mass is 425 g/mol. The SMILES string of the molecule is CC(=O)NC(Cc1c[nH]c2cc(F)ccc12)C(=O)NC(C)c1nnc2c(=O)[nH]ccn12. The molecule has 0 aliphatic rings. The van der Waals surface area contributed by atoms with E-state index in [-0.39, 0.29) is 23.8 Å². The summed E-state index contributed by atoms with van der Waals surface area (Å²) in [6, 6.07) is 2.88. The average Bonchev–Trinajstić information content (AvgIpc) is 3.32. The van der Waals surface area contributed by atoms with E-state index in [0.29, 0.717) is 11.3 Å². The van der Waals surface area contributed by atoms with Gasteiger partial charge in [-0.05, 0) is 30.7 Å². The number of nitrogens with zero attached hydrogens (tertiary/aromatic N) is 3. The predicted molar refractivity (Wildman–Crippen MR) is 110 cm³/mol. The van der Waals surface area contributed by atoms with Crippen molar-refractivity contribution in [2.75, 3.05) is 0 Å². The van der Waals surface area contributed by atoms with Crippen molar-refractivity contribution < 1.29 is 14.0 Å². The van der Waals surface area contributed by atoms with Gasteiger partial charge >= 0.3 is 0 Å². The molecular weight excluding hydrogens is 405 g/mol. The maximum absolute atomic E-state index is 13.4. The van der Waals surface area contributed by atoms with Crippen molar-refractivity contribution in [3.8, 4) is 0 Å². The lowest BCUT2D eigenvalue weighted by Crippen LogP contribution is -2.48. The lowest BCUT2D eigenvalue weighted by molar-refractivity contribution is -0.128. The van der Waals surface area contributed by atoms with Crippen LogP contribution in [0.5, 0.6) is 0 Å². The lowest BCUT2D eigenvalue weighted by atomic mass is 10.0. The Morgan fingerprint density at radius 3 is 2.81 bits per heavy atom. The third-order valence-corrected chi connectivity index (χ3v) is 4.96. The quantitative estimate of drug-likeness (QED) is 0.365. The van der Waals surface area contributed by atoms with Gasteiger partial charge in [-0.3, -0.25) is 18.8 Å². The highest BCUT2D eigenvalue weighted by atomic mass is 19.1. The molecule has 1 aromatic carbocycles. The first kappa shape index (κ1) is 20.3. The van der Waals surface area contributed by atoms with E-state index in [0.717, 1.165) is 10.9 Å². The Morgan fingerprint density at radius 1 is 1.23 bits per heavy atom. The Labute approximate surface area is 174 Å². The number of carbonyl (C=O) groups excluding carboxylic acids is 2. The summed E-state index contributed by atoms with van der Waals surface area (Å²) in [6.45, 7) is 3.03. The molecule has 31 heavy (non-hydrogen) atoms. The molecule has 0 aliphatic carbocycles. The van der Waals surface area contributed by atoms with Gasteiger partial charge in [0.1, 0.15) is 11.9 Å². The Kier molecular flexibility index (Phi) is 5.24. The van der Waals surface area contributed by atoms with Gasteiger partial charge in [-0.25, -0.2) is 4.39 Å². The molecule has 0 saturated heterocycles. The van der Waals surface area contributed by atoms with Crippen molar-refractivity contribution in [3.63, 3.8) is 0 Å². The first-order chi connectivity index (χ1) is 14.8. The Bertz CT molecular complexity index is 1340. The number of halogens is 1. The first-order valence-corrected chi connectivity index (χ1v) is 9.59. The minimum Gasteiger partial charge on any atom is -0.361 e. The Hall–Kier alpha value is -4.02. The maximum atomic E-state index is 13.4. The number of rotatable bonds is 6. The smallest absolute Gasteiger partial charge is 0.293 e. The summed E-state index contributed by atoms with van der Waals surface area (Å²) in [5, 5.41) is 14.1. The highest BCUT2D eigenvalue weighted by Gasteiger charge is 2.25. The van der Waals surface area contributed by atoms with Crippen LogP contribution in [0.2, 0.25) is 0 Å². The zero-order valence-electron chi connectivity index (χ0n) is 16.8. The summed E-state index contributed by atoms with van der Waals surface area (Å²) in [4.78, 5) is 42.0. The van der Waals surface area contributed by atoms with Crippen LogP contribution in [0.3, 0.4) is 0 Å². The third-order valence-electron chi connectivity index (χ3n) is 4.96. The van der Waals surface area contributed by atoms with Crippen LogP contribution in [-0.2, 0) is 16.0 Å². The number of hydrogen-bond donors (Lipinski definition) is 4. The molecule has 3 aromatic heterocycles. The van der Waals surface area contributed by atoms with E-state index in [2.05, 4.69) is 30.8 Å². The van der Waals surface area contributed by atoms with Crippen LogP contribution in [0.25, 0.3) is 16.6 Å². The Morgan fingerprint density at radius 2 is 2.03 bits per heavy atom. The molecule has 0 radical (unpaired) electrons. The fraction of sp³-hybridized carbons (Fsp3) is 0.250. The van der Waals surface area contributed by atoms with E-state index in [1.165, 1.54) is 29.7 Å². The largest absolute Gasteiger partial charge is 0.361 e. The molecule has 4 N–H and O–H groups in total. The Balaban J connectivity index is 1.57. The van der Waals surface area contributed by atoms with Crippen LogP contribution >= 0.6 is 0 Å². The molecule has 0 bridgehead atoms. The minimum atomic E-state index is -0.869. The number of amides is 2. The molecule has 0 fully saturated rings. The van der Waals surface area contributed by atoms with E-state index in [1.54, 1.807) is 25.4 Å². The van der Waals surface area contributed by atoms with E-state index in [1.807, 2.05) is 0 Å². The molecule has 4 rings (SSSR count). The van der Waals surface area contributed by atoms with Crippen LogP contribution in [0, 0.1) is 5.82 Å². The van der Waals surface area contributed by atoms with Crippen molar-refractivity contribution in [3.05, 3.63) is 64.3 Å². The second kappa shape index (κ2) is 8.01. The van der Waals surface area contributed by atoms with E-state index >= 15 is 0 Å². The van der Waals surface area contributed by atoms with Crippen molar-refractivity contribution in [1.29, 1.82) is 0 Å². The standard InChI is InChI=1S/C20H20FN7O3/c1-10(17-26-27-18-20(31)22-5-6-28(17)18)24-19(30)16(25-11(2)29)7-12-9-23-15-8-13(21)3-4-14(12)15/h3-6,8-10,16,23H,7H2,1-2H3,(H,22,31)(H,24,30)(H,25,29). The number of fused-ring (bicyclic) bond motifs is 2. The molecule has 2 amide bonds. The second-order valence-corrected chi connectivity index (χ2v) is 7.23. The molecule has 0 spiro atoms. The van der Waals surface area contributed by atoms with Crippen LogP contribution in [0.1, 0.15) is 31.3 Å². The zero-order valence-corrected chi connectivity index (χ0v) is 16.8.